The lowest BCUT2D eigenvalue weighted by atomic mass is 10.2. The molecule has 0 aromatic heterocycles. The highest BCUT2D eigenvalue weighted by Crippen LogP contribution is 2.16. The molecule has 1 aromatic carbocycles. The summed E-state index contributed by atoms with van der Waals surface area (Å²) in [4.78, 5) is 12.0. The summed E-state index contributed by atoms with van der Waals surface area (Å²) in [6, 6.07) is 6.19. The first kappa shape index (κ1) is 15.7. The number of benzene rings is 1. The van der Waals surface area contributed by atoms with Crippen LogP contribution >= 0.6 is 0 Å². The monoisotopic (exact) mass is 285 g/mol. The van der Waals surface area contributed by atoms with Crippen molar-refractivity contribution in [2.45, 2.75) is 24.7 Å². The largest absolute Gasteiger partial charge is 0.396 e. The molecule has 19 heavy (non-hydrogen) atoms. The highest BCUT2D eigenvalue weighted by atomic mass is 32.2. The van der Waals surface area contributed by atoms with Gasteiger partial charge < -0.3 is 10.4 Å². The van der Waals surface area contributed by atoms with Gasteiger partial charge in [0, 0.05) is 13.2 Å². The van der Waals surface area contributed by atoms with Crippen molar-refractivity contribution >= 4 is 15.7 Å². The third-order valence-corrected chi connectivity index (χ3v) is 4.50. The van der Waals surface area contributed by atoms with Gasteiger partial charge in [0.2, 0.25) is 0 Å². The zero-order valence-corrected chi connectivity index (χ0v) is 11.7. The highest BCUT2D eigenvalue weighted by Gasteiger charge is 2.19. The number of sulfone groups is 1. The second-order valence-electron chi connectivity index (χ2n) is 4.09. The van der Waals surface area contributed by atoms with Crippen molar-refractivity contribution in [3.05, 3.63) is 29.8 Å². The number of carbonyl (C=O) groups excluding carboxylic acids is 1. The van der Waals surface area contributed by atoms with Gasteiger partial charge >= 0.3 is 0 Å². The second kappa shape index (κ2) is 7.25. The van der Waals surface area contributed by atoms with Gasteiger partial charge in [0.05, 0.1) is 16.2 Å². The van der Waals surface area contributed by atoms with Gasteiger partial charge in [-0.1, -0.05) is 19.1 Å². The van der Waals surface area contributed by atoms with Gasteiger partial charge in [0.15, 0.2) is 9.84 Å². The van der Waals surface area contributed by atoms with Crippen LogP contribution in [0.25, 0.3) is 0 Å². The van der Waals surface area contributed by atoms with E-state index in [-0.39, 0.29) is 22.8 Å². The average molecular weight is 285 g/mol. The number of aliphatic hydroxyl groups is 1. The topological polar surface area (TPSA) is 83.5 Å². The molecule has 2 N–H and O–H groups in total. The Kier molecular flexibility index (Phi) is 5.98. The van der Waals surface area contributed by atoms with E-state index in [4.69, 9.17) is 5.11 Å². The van der Waals surface area contributed by atoms with Gasteiger partial charge in [0.1, 0.15) is 0 Å². The van der Waals surface area contributed by atoms with Gasteiger partial charge in [-0.15, -0.1) is 0 Å². The van der Waals surface area contributed by atoms with Crippen LogP contribution in [0, 0.1) is 0 Å². The maximum absolute atomic E-state index is 12.0. The van der Waals surface area contributed by atoms with Crippen molar-refractivity contribution in [1.82, 2.24) is 5.32 Å². The van der Waals surface area contributed by atoms with Crippen molar-refractivity contribution in [2.24, 2.45) is 0 Å². The lowest BCUT2D eigenvalue weighted by Crippen LogP contribution is -2.26. The molecule has 5 nitrogen and oxygen atoms in total. The maximum Gasteiger partial charge on any atom is 0.252 e. The molecule has 0 heterocycles. The Balaban J connectivity index is 2.86. The Morgan fingerprint density at radius 2 is 1.95 bits per heavy atom. The van der Waals surface area contributed by atoms with Crippen LogP contribution in [0.4, 0.5) is 0 Å². The van der Waals surface area contributed by atoms with Gasteiger partial charge in [-0.3, -0.25) is 4.79 Å². The van der Waals surface area contributed by atoms with E-state index in [1.165, 1.54) is 12.1 Å². The smallest absolute Gasteiger partial charge is 0.252 e. The van der Waals surface area contributed by atoms with Crippen LogP contribution in [0.2, 0.25) is 0 Å². The van der Waals surface area contributed by atoms with Gasteiger partial charge in [-0.05, 0) is 25.0 Å². The van der Waals surface area contributed by atoms with Crippen LogP contribution < -0.4 is 5.32 Å². The molecule has 6 heteroatoms. The lowest BCUT2D eigenvalue weighted by molar-refractivity contribution is 0.0949. The Labute approximate surface area is 113 Å². The Morgan fingerprint density at radius 3 is 2.58 bits per heavy atom. The molecule has 0 atom stereocenters. The van der Waals surface area contributed by atoms with E-state index in [9.17, 15) is 13.2 Å². The minimum Gasteiger partial charge on any atom is -0.396 e. The van der Waals surface area contributed by atoms with E-state index in [1.54, 1.807) is 19.1 Å². The van der Waals surface area contributed by atoms with Gasteiger partial charge in [-0.2, -0.15) is 0 Å². The van der Waals surface area contributed by atoms with Gasteiger partial charge in [-0.25, -0.2) is 8.42 Å². The predicted molar refractivity (Wildman–Crippen MR) is 72.8 cm³/mol. The van der Waals surface area contributed by atoms with E-state index in [0.29, 0.717) is 19.4 Å². The molecule has 1 amide bonds. The fourth-order valence-corrected chi connectivity index (χ4v) is 2.71. The van der Waals surface area contributed by atoms with Crippen LogP contribution in [-0.4, -0.2) is 38.3 Å². The van der Waals surface area contributed by atoms with Crippen molar-refractivity contribution in [2.75, 3.05) is 18.9 Å². The van der Waals surface area contributed by atoms with Crippen LogP contribution in [0.15, 0.2) is 29.2 Å². The Morgan fingerprint density at radius 1 is 1.26 bits per heavy atom. The van der Waals surface area contributed by atoms with E-state index in [0.717, 1.165) is 0 Å². The first-order valence-electron chi connectivity index (χ1n) is 6.23. The minimum atomic E-state index is -3.41. The summed E-state index contributed by atoms with van der Waals surface area (Å²) in [5.41, 5.74) is 0.174. The molecule has 0 saturated heterocycles. The first-order valence-corrected chi connectivity index (χ1v) is 7.89. The number of amides is 1. The van der Waals surface area contributed by atoms with Crippen LogP contribution in [0.1, 0.15) is 30.1 Å². The molecule has 0 saturated carbocycles. The molecule has 0 aliphatic carbocycles. The summed E-state index contributed by atoms with van der Waals surface area (Å²) in [6.45, 7) is 2.04. The summed E-state index contributed by atoms with van der Waals surface area (Å²) in [5.74, 6) is -0.438. The lowest BCUT2D eigenvalue weighted by Gasteiger charge is -2.09. The number of unbranched alkanes of at least 4 members (excludes halogenated alkanes) is 1. The molecular weight excluding hydrogens is 266 g/mol. The second-order valence-corrected chi connectivity index (χ2v) is 6.33. The van der Waals surface area contributed by atoms with Crippen molar-refractivity contribution in [1.29, 1.82) is 0 Å². The van der Waals surface area contributed by atoms with Crippen molar-refractivity contribution in [3.8, 4) is 0 Å². The third kappa shape index (κ3) is 4.33. The number of carbonyl (C=O) groups is 1. The molecule has 0 bridgehead atoms. The van der Waals surface area contributed by atoms with E-state index < -0.39 is 15.7 Å². The molecule has 0 aliphatic heterocycles. The number of rotatable bonds is 7. The molecule has 0 aliphatic rings. The van der Waals surface area contributed by atoms with Crippen molar-refractivity contribution < 1.29 is 18.3 Å². The van der Waals surface area contributed by atoms with Crippen LogP contribution in [0.5, 0.6) is 0 Å². The molecule has 0 unspecified atom stereocenters. The summed E-state index contributed by atoms with van der Waals surface area (Å²) in [7, 11) is -3.41. The number of aliphatic hydroxyl groups excluding tert-OH is 1. The minimum absolute atomic E-state index is 0.0399. The number of hydrogen-bond acceptors (Lipinski definition) is 4. The fourth-order valence-electron chi connectivity index (χ4n) is 1.61. The third-order valence-electron chi connectivity index (χ3n) is 2.72. The molecule has 0 fully saturated rings. The SMILES string of the molecule is CCS(=O)(=O)c1ccccc1C(=O)NCCCCO. The predicted octanol–water partition coefficient (Wildman–Crippen LogP) is 0.982. The quantitative estimate of drug-likeness (QED) is 0.732. The summed E-state index contributed by atoms with van der Waals surface area (Å²) in [5, 5.41) is 11.3. The number of hydrogen-bond donors (Lipinski definition) is 2. The van der Waals surface area contributed by atoms with Gasteiger partial charge in [0.25, 0.3) is 5.91 Å². The Hall–Kier alpha value is -1.40. The highest BCUT2D eigenvalue weighted by molar-refractivity contribution is 7.91. The fraction of sp³-hybridized carbons (Fsp3) is 0.462. The molecule has 1 rings (SSSR count). The molecule has 0 spiro atoms. The summed E-state index contributed by atoms with van der Waals surface area (Å²) < 4.78 is 23.8. The molecule has 1 aromatic rings. The van der Waals surface area contributed by atoms with Crippen molar-refractivity contribution in [3.63, 3.8) is 0 Å². The normalized spacial score (nSPS) is 11.3. The van der Waals surface area contributed by atoms with Crippen LogP contribution in [-0.2, 0) is 9.84 Å². The maximum atomic E-state index is 12.0. The molecular formula is C13H19NO4S. The van der Waals surface area contributed by atoms with E-state index in [2.05, 4.69) is 5.32 Å². The average Bonchev–Trinajstić information content (AvgIpc) is 2.43. The Bertz CT molecular complexity index is 525. The van der Waals surface area contributed by atoms with Crippen LogP contribution in [0.3, 0.4) is 0 Å². The number of nitrogens with one attached hydrogen (secondary N) is 1. The zero-order chi connectivity index (χ0) is 14.3. The van der Waals surface area contributed by atoms with E-state index >= 15 is 0 Å². The van der Waals surface area contributed by atoms with E-state index in [1.807, 2.05) is 0 Å². The molecule has 0 radical (unpaired) electrons. The summed E-state index contributed by atoms with van der Waals surface area (Å²) in [6.07, 6.45) is 1.26. The standard InChI is InChI=1S/C13H19NO4S/c1-2-19(17,18)12-8-4-3-7-11(12)13(16)14-9-5-6-10-15/h3-4,7-8,15H,2,5-6,9-10H2,1H3,(H,14,16). The first-order chi connectivity index (χ1) is 9.03. The zero-order valence-electron chi connectivity index (χ0n) is 10.9. The summed E-state index contributed by atoms with van der Waals surface area (Å²) >= 11 is 0. The molecule has 106 valence electrons.